The first kappa shape index (κ1) is 15.6. The van der Waals surface area contributed by atoms with E-state index in [1.54, 1.807) is 12.1 Å². The number of rotatable bonds is 6. The van der Waals surface area contributed by atoms with Gasteiger partial charge in [0.15, 0.2) is 0 Å². The van der Waals surface area contributed by atoms with Gasteiger partial charge in [0.2, 0.25) is 0 Å². The van der Waals surface area contributed by atoms with Crippen LogP contribution in [0.2, 0.25) is 0 Å². The van der Waals surface area contributed by atoms with E-state index >= 15 is 0 Å². The largest absolute Gasteiger partial charge is 0.352 e. The predicted molar refractivity (Wildman–Crippen MR) is 82.5 cm³/mol. The van der Waals surface area contributed by atoms with Crippen LogP contribution in [0.25, 0.3) is 0 Å². The molecule has 0 aliphatic rings. The van der Waals surface area contributed by atoms with Crippen LogP contribution < -0.4 is 10.6 Å². The molecule has 0 radical (unpaired) electrons. The number of amides is 2. The van der Waals surface area contributed by atoms with E-state index < -0.39 is 0 Å². The van der Waals surface area contributed by atoms with Crippen LogP contribution in [0.5, 0.6) is 0 Å². The Hall–Kier alpha value is -2.76. The smallest absolute Gasteiger partial charge is 0.271 e. The van der Waals surface area contributed by atoms with Gasteiger partial charge in [-0.25, -0.2) is 4.98 Å². The zero-order valence-electron chi connectivity index (χ0n) is 12.4. The van der Waals surface area contributed by atoms with Gasteiger partial charge in [0, 0.05) is 31.0 Å². The van der Waals surface area contributed by atoms with Gasteiger partial charge in [-0.05, 0) is 25.5 Å². The lowest BCUT2D eigenvalue weighted by atomic mass is 10.1. The van der Waals surface area contributed by atoms with Gasteiger partial charge in [-0.15, -0.1) is 0 Å². The van der Waals surface area contributed by atoms with Crippen LogP contribution in [0.1, 0.15) is 32.8 Å². The number of benzene rings is 1. The van der Waals surface area contributed by atoms with Crippen LogP contribution in [-0.2, 0) is 0 Å². The maximum atomic E-state index is 11.9. The normalized spacial score (nSPS) is 10.0. The van der Waals surface area contributed by atoms with E-state index in [0.29, 0.717) is 25.1 Å². The lowest BCUT2D eigenvalue weighted by Crippen LogP contribution is -2.30. The molecule has 0 unspecified atom stereocenters. The van der Waals surface area contributed by atoms with Crippen molar-refractivity contribution >= 4 is 11.8 Å². The van der Waals surface area contributed by atoms with E-state index in [1.807, 2.05) is 19.1 Å². The van der Waals surface area contributed by atoms with Gasteiger partial charge in [0.1, 0.15) is 5.69 Å². The molecule has 6 heteroatoms. The van der Waals surface area contributed by atoms with Gasteiger partial charge >= 0.3 is 0 Å². The van der Waals surface area contributed by atoms with E-state index in [0.717, 1.165) is 5.56 Å². The topological polar surface area (TPSA) is 84.0 Å². The molecule has 1 aromatic carbocycles. The number of hydrogen-bond donors (Lipinski definition) is 2. The van der Waals surface area contributed by atoms with Crippen LogP contribution in [0.15, 0.2) is 42.9 Å². The highest BCUT2D eigenvalue weighted by atomic mass is 16.2. The average Bonchev–Trinajstić information content (AvgIpc) is 2.55. The first-order valence-electron chi connectivity index (χ1n) is 7.06. The molecule has 0 aliphatic carbocycles. The second-order valence-electron chi connectivity index (χ2n) is 4.82. The number of nitrogens with one attached hydrogen (secondary N) is 2. The van der Waals surface area contributed by atoms with Crippen molar-refractivity contribution in [1.82, 2.24) is 20.6 Å². The quantitative estimate of drug-likeness (QED) is 0.788. The molecule has 2 N–H and O–H groups in total. The fourth-order valence-corrected chi connectivity index (χ4v) is 1.81. The number of aryl methyl sites for hydroxylation is 1. The molecular weight excluding hydrogens is 280 g/mol. The minimum Gasteiger partial charge on any atom is -0.352 e. The van der Waals surface area contributed by atoms with Crippen LogP contribution in [0, 0.1) is 6.92 Å². The summed E-state index contributed by atoms with van der Waals surface area (Å²) in [6.07, 6.45) is 5.03. The van der Waals surface area contributed by atoms with E-state index in [9.17, 15) is 9.59 Å². The summed E-state index contributed by atoms with van der Waals surface area (Å²) in [6.45, 7) is 2.93. The molecule has 0 saturated carbocycles. The third kappa shape index (κ3) is 4.66. The minimum absolute atomic E-state index is 0.111. The first-order valence-corrected chi connectivity index (χ1v) is 7.06. The Balaban J connectivity index is 1.66. The van der Waals surface area contributed by atoms with Crippen molar-refractivity contribution in [1.29, 1.82) is 0 Å². The molecule has 0 fully saturated rings. The highest BCUT2D eigenvalue weighted by molar-refractivity contribution is 5.94. The summed E-state index contributed by atoms with van der Waals surface area (Å²) < 4.78 is 0. The van der Waals surface area contributed by atoms with Gasteiger partial charge in [-0.2, -0.15) is 0 Å². The molecule has 2 aromatic rings. The fourth-order valence-electron chi connectivity index (χ4n) is 1.81. The SMILES string of the molecule is Cc1ccc(C(=O)NCCCNC(=O)c2cnccn2)cc1. The molecule has 0 atom stereocenters. The van der Waals surface area contributed by atoms with Crippen LogP contribution in [0.4, 0.5) is 0 Å². The maximum absolute atomic E-state index is 11.9. The summed E-state index contributed by atoms with van der Waals surface area (Å²) in [4.78, 5) is 31.3. The van der Waals surface area contributed by atoms with Gasteiger partial charge in [0.05, 0.1) is 6.20 Å². The van der Waals surface area contributed by atoms with E-state index in [-0.39, 0.29) is 17.5 Å². The summed E-state index contributed by atoms with van der Waals surface area (Å²) in [5, 5.41) is 5.54. The lowest BCUT2D eigenvalue weighted by Gasteiger charge is -2.06. The monoisotopic (exact) mass is 298 g/mol. The Kier molecular flexibility index (Phi) is 5.59. The predicted octanol–water partition coefficient (Wildman–Crippen LogP) is 1.33. The lowest BCUT2D eigenvalue weighted by molar-refractivity contribution is 0.0947. The molecule has 114 valence electrons. The number of carbonyl (C=O) groups excluding carboxylic acids is 2. The number of nitrogens with zero attached hydrogens (tertiary/aromatic N) is 2. The minimum atomic E-state index is -0.266. The molecule has 0 spiro atoms. The van der Waals surface area contributed by atoms with Crippen molar-refractivity contribution in [2.45, 2.75) is 13.3 Å². The van der Waals surface area contributed by atoms with Gasteiger partial charge in [-0.3, -0.25) is 14.6 Å². The number of carbonyl (C=O) groups is 2. The summed E-state index contributed by atoms with van der Waals surface area (Å²) in [5.74, 6) is -0.377. The molecule has 0 saturated heterocycles. The van der Waals surface area contributed by atoms with Crippen molar-refractivity contribution in [3.63, 3.8) is 0 Å². The van der Waals surface area contributed by atoms with E-state index in [1.165, 1.54) is 18.6 Å². The zero-order chi connectivity index (χ0) is 15.8. The summed E-state index contributed by atoms with van der Waals surface area (Å²) >= 11 is 0. The van der Waals surface area contributed by atoms with Crippen molar-refractivity contribution in [3.05, 3.63) is 59.7 Å². The van der Waals surface area contributed by atoms with Crippen molar-refractivity contribution < 1.29 is 9.59 Å². The molecular formula is C16H18N4O2. The van der Waals surface area contributed by atoms with Crippen molar-refractivity contribution in [2.24, 2.45) is 0 Å². The molecule has 0 bridgehead atoms. The van der Waals surface area contributed by atoms with E-state index in [2.05, 4.69) is 20.6 Å². The number of hydrogen-bond acceptors (Lipinski definition) is 4. The third-order valence-corrected chi connectivity index (χ3v) is 3.03. The molecule has 22 heavy (non-hydrogen) atoms. The van der Waals surface area contributed by atoms with Crippen molar-refractivity contribution in [3.8, 4) is 0 Å². The average molecular weight is 298 g/mol. The molecule has 1 aromatic heterocycles. The standard InChI is InChI=1S/C16H18N4O2/c1-12-3-5-13(6-4-12)15(21)19-7-2-8-20-16(22)14-11-17-9-10-18-14/h3-6,9-11H,2,7-8H2,1H3,(H,19,21)(H,20,22). The summed E-state index contributed by atoms with van der Waals surface area (Å²) in [5.41, 5.74) is 2.03. The molecule has 0 aliphatic heterocycles. The van der Waals surface area contributed by atoms with Gasteiger partial charge in [-0.1, -0.05) is 17.7 Å². The molecule has 2 rings (SSSR count). The Labute approximate surface area is 129 Å². The highest BCUT2D eigenvalue weighted by Gasteiger charge is 2.06. The highest BCUT2D eigenvalue weighted by Crippen LogP contribution is 2.02. The molecule has 1 heterocycles. The fraction of sp³-hybridized carbons (Fsp3) is 0.250. The van der Waals surface area contributed by atoms with Gasteiger partial charge in [0.25, 0.3) is 11.8 Å². The Morgan fingerprint density at radius 2 is 1.68 bits per heavy atom. The van der Waals surface area contributed by atoms with Crippen molar-refractivity contribution in [2.75, 3.05) is 13.1 Å². The number of aromatic nitrogens is 2. The van der Waals surface area contributed by atoms with Crippen LogP contribution in [0.3, 0.4) is 0 Å². The first-order chi connectivity index (χ1) is 10.7. The second kappa shape index (κ2) is 7.87. The summed E-state index contributed by atoms with van der Waals surface area (Å²) in [6, 6.07) is 7.38. The Morgan fingerprint density at radius 1 is 1.00 bits per heavy atom. The molecule has 2 amide bonds. The molecule has 6 nitrogen and oxygen atoms in total. The second-order valence-corrected chi connectivity index (χ2v) is 4.82. The van der Waals surface area contributed by atoms with Crippen LogP contribution in [-0.4, -0.2) is 34.9 Å². The Morgan fingerprint density at radius 3 is 2.32 bits per heavy atom. The third-order valence-electron chi connectivity index (χ3n) is 3.03. The Bertz CT molecular complexity index is 626. The van der Waals surface area contributed by atoms with Crippen LogP contribution >= 0.6 is 0 Å². The van der Waals surface area contributed by atoms with E-state index in [4.69, 9.17) is 0 Å². The summed E-state index contributed by atoms with van der Waals surface area (Å²) in [7, 11) is 0. The zero-order valence-corrected chi connectivity index (χ0v) is 12.4. The van der Waals surface area contributed by atoms with Gasteiger partial charge < -0.3 is 10.6 Å². The maximum Gasteiger partial charge on any atom is 0.271 e.